The third-order valence-electron chi connectivity index (χ3n) is 3.91. The molecule has 0 bridgehead atoms. The second kappa shape index (κ2) is 6.75. The van der Waals surface area contributed by atoms with Gasteiger partial charge in [0.05, 0.1) is 0 Å². The van der Waals surface area contributed by atoms with Gasteiger partial charge in [-0.15, -0.1) is 0 Å². The average molecular weight is 275 g/mol. The van der Waals surface area contributed by atoms with Gasteiger partial charge in [0.25, 0.3) is 0 Å². The molecule has 4 nitrogen and oxygen atoms in total. The molecule has 1 fully saturated rings. The molecule has 0 spiro atoms. The van der Waals surface area contributed by atoms with E-state index in [4.69, 9.17) is 0 Å². The number of anilines is 2. The summed E-state index contributed by atoms with van der Waals surface area (Å²) in [6.45, 7) is 4.15. The first-order valence-electron chi connectivity index (χ1n) is 7.35. The van der Waals surface area contributed by atoms with Gasteiger partial charge in [0, 0.05) is 31.9 Å². The summed E-state index contributed by atoms with van der Waals surface area (Å²) >= 11 is 0. The van der Waals surface area contributed by atoms with Crippen LogP contribution in [0.25, 0.3) is 0 Å². The smallest absolute Gasteiger partial charge is 0.224 e. The fourth-order valence-corrected chi connectivity index (χ4v) is 2.73. The van der Waals surface area contributed by atoms with E-state index in [1.54, 1.807) is 0 Å². The lowest BCUT2D eigenvalue weighted by molar-refractivity contribution is -0.117. The van der Waals surface area contributed by atoms with Crippen molar-refractivity contribution in [3.05, 3.63) is 23.8 Å². The molecule has 1 amide bonds. The first-order valence-corrected chi connectivity index (χ1v) is 7.35. The zero-order valence-electron chi connectivity index (χ0n) is 12.7. The van der Waals surface area contributed by atoms with Crippen LogP contribution in [0.5, 0.6) is 0 Å². The molecule has 0 aliphatic carbocycles. The fourth-order valence-electron chi connectivity index (χ4n) is 2.73. The number of rotatable bonds is 4. The second-order valence-corrected chi connectivity index (χ2v) is 5.84. The van der Waals surface area contributed by atoms with Crippen LogP contribution in [0.4, 0.5) is 11.4 Å². The summed E-state index contributed by atoms with van der Waals surface area (Å²) in [5.41, 5.74) is 3.24. The molecule has 1 aliphatic rings. The topological polar surface area (TPSA) is 44.4 Å². The Morgan fingerprint density at radius 1 is 1.35 bits per heavy atom. The minimum absolute atomic E-state index is 0.130. The van der Waals surface area contributed by atoms with Crippen molar-refractivity contribution < 1.29 is 4.79 Å². The molecule has 2 N–H and O–H groups in total. The summed E-state index contributed by atoms with van der Waals surface area (Å²) < 4.78 is 0. The van der Waals surface area contributed by atoms with Crippen molar-refractivity contribution in [2.24, 2.45) is 5.92 Å². The summed E-state index contributed by atoms with van der Waals surface area (Å²) in [5, 5.41) is 6.35. The lowest BCUT2D eigenvalue weighted by atomic mass is 9.94. The van der Waals surface area contributed by atoms with Crippen molar-refractivity contribution in [3.8, 4) is 0 Å². The molecule has 1 saturated heterocycles. The van der Waals surface area contributed by atoms with Crippen LogP contribution >= 0.6 is 0 Å². The minimum Gasteiger partial charge on any atom is -0.377 e. The lowest BCUT2D eigenvalue weighted by Gasteiger charge is -2.22. The van der Waals surface area contributed by atoms with E-state index in [-0.39, 0.29) is 5.91 Å². The molecule has 2 rings (SSSR count). The van der Waals surface area contributed by atoms with Crippen LogP contribution < -0.4 is 15.5 Å². The van der Waals surface area contributed by atoms with Gasteiger partial charge in [-0.3, -0.25) is 4.79 Å². The summed E-state index contributed by atoms with van der Waals surface area (Å²) in [4.78, 5) is 14.2. The van der Waals surface area contributed by atoms with E-state index in [9.17, 15) is 4.79 Å². The van der Waals surface area contributed by atoms with Crippen molar-refractivity contribution >= 4 is 17.3 Å². The first kappa shape index (κ1) is 14.9. The maximum Gasteiger partial charge on any atom is 0.224 e. The standard InChI is InChI=1S/C16H25N3O/c1-12-4-5-14(11-15(12)19(2)3)18-16(20)10-13-6-8-17-9-7-13/h4-5,11,13,17H,6-10H2,1-3H3,(H,18,20). The number of nitrogens with one attached hydrogen (secondary N) is 2. The fraction of sp³-hybridized carbons (Fsp3) is 0.562. The van der Waals surface area contributed by atoms with Crippen molar-refractivity contribution in [1.82, 2.24) is 5.32 Å². The van der Waals surface area contributed by atoms with Crippen LogP contribution in [-0.2, 0) is 4.79 Å². The van der Waals surface area contributed by atoms with Gasteiger partial charge in [-0.25, -0.2) is 0 Å². The van der Waals surface area contributed by atoms with Gasteiger partial charge in [-0.1, -0.05) is 6.07 Å². The van der Waals surface area contributed by atoms with E-state index in [1.165, 1.54) is 5.56 Å². The monoisotopic (exact) mass is 275 g/mol. The van der Waals surface area contributed by atoms with Gasteiger partial charge in [-0.05, 0) is 56.5 Å². The van der Waals surface area contributed by atoms with E-state index < -0.39 is 0 Å². The number of hydrogen-bond donors (Lipinski definition) is 2. The Hall–Kier alpha value is -1.55. The Morgan fingerprint density at radius 3 is 2.70 bits per heavy atom. The van der Waals surface area contributed by atoms with Crippen molar-refractivity contribution in [2.75, 3.05) is 37.4 Å². The van der Waals surface area contributed by atoms with Crippen LogP contribution in [0, 0.1) is 12.8 Å². The molecular weight excluding hydrogens is 250 g/mol. The van der Waals surface area contributed by atoms with Crippen LogP contribution in [0.15, 0.2) is 18.2 Å². The van der Waals surface area contributed by atoms with E-state index in [1.807, 2.05) is 26.2 Å². The molecular formula is C16H25N3O. The Bertz CT molecular complexity index is 465. The predicted molar refractivity (Wildman–Crippen MR) is 84.3 cm³/mol. The molecule has 1 aromatic carbocycles. The number of carbonyl (C=O) groups excluding carboxylic acids is 1. The number of benzene rings is 1. The number of piperidine rings is 1. The lowest BCUT2D eigenvalue weighted by Crippen LogP contribution is -2.30. The largest absolute Gasteiger partial charge is 0.377 e. The van der Waals surface area contributed by atoms with Crippen LogP contribution in [0.3, 0.4) is 0 Å². The Morgan fingerprint density at radius 2 is 2.05 bits per heavy atom. The summed E-state index contributed by atoms with van der Waals surface area (Å²) in [6.07, 6.45) is 2.83. The highest BCUT2D eigenvalue weighted by Crippen LogP contribution is 2.23. The normalized spacial score (nSPS) is 15.9. The second-order valence-electron chi connectivity index (χ2n) is 5.84. The molecule has 0 radical (unpaired) electrons. The predicted octanol–water partition coefficient (Wildman–Crippen LogP) is 2.39. The highest BCUT2D eigenvalue weighted by Gasteiger charge is 2.17. The molecule has 1 heterocycles. The molecule has 4 heteroatoms. The van der Waals surface area contributed by atoms with E-state index >= 15 is 0 Å². The van der Waals surface area contributed by atoms with Crippen LogP contribution in [-0.4, -0.2) is 33.1 Å². The number of aryl methyl sites for hydroxylation is 1. The highest BCUT2D eigenvalue weighted by atomic mass is 16.1. The van der Waals surface area contributed by atoms with Gasteiger partial charge < -0.3 is 15.5 Å². The maximum absolute atomic E-state index is 12.1. The van der Waals surface area contributed by atoms with E-state index in [2.05, 4.69) is 28.5 Å². The Balaban J connectivity index is 1.95. The van der Waals surface area contributed by atoms with Gasteiger partial charge >= 0.3 is 0 Å². The summed E-state index contributed by atoms with van der Waals surface area (Å²) in [6, 6.07) is 6.06. The summed E-state index contributed by atoms with van der Waals surface area (Å²) in [7, 11) is 4.03. The van der Waals surface area contributed by atoms with Gasteiger partial charge in [-0.2, -0.15) is 0 Å². The third kappa shape index (κ3) is 3.97. The molecule has 0 unspecified atom stereocenters. The Kier molecular flexibility index (Phi) is 5.01. The first-order chi connectivity index (χ1) is 9.56. The quantitative estimate of drug-likeness (QED) is 0.887. The number of amides is 1. The maximum atomic E-state index is 12.1. The van der Waals surface area contributed by atoms with Crippen LogP contribution in [0.2, 0.25) is 0 Å². The number of nitrogens with zero attached hydrogens (tertiary/aromatic N) is 1. The minimum atomic E-state index is 0.130. The van der Waals surface area contributed by atoms with E-state index in [0.717, 1.165) is 37.3 Å². The molecule has 0 aromatic heterocycles. The van der Waals surface area contributed by atoms with Gasteiger partial charge in [0.1, 0.15) is 0 Å². The molecule has 1 aromatic rings. The highest BCUT2D eigenvalue weighted by molar-refractivity contribution is 5.91. The Labute approximate surface area is 121 Å². The molecule has 110 valence electrons. The van der Waals surface area contributed by atoms with Crippen LogP contribution in [0.1, 0.15) is 24.8 Å². The van der Waals surface area contributed by atoms with Crippen molar-refractivity contribution in [3.63, 3.8) is 0 Å². The molecule has 20 heavy (non-hydrogen) atoms. The van der Waals surface area contributed by atoms with Gasteiger partial charge in [0.15, 0.2) is 0 Å². The van der Waals surface area contributed by atoms with Crippen molar-refractivity contribution in [1.29, 1.82) is 0 Å². The summed E-state index contributed by atoms with van der Waals surface area (Å²) in [5.74, 6) is 0.653. The van der Waals surface area contributed by atoms with Crippen molar-refractivity contribution in [2.45, 2.75) is 26.2 Å². The molecule has 1 aliphatic heterocycles. The van der Waals surface area contributed by atoms with E-state index in [0.29, 0.717) is 12.3 Å². The number of carbonyl (C=O) groups is 1. The third-order valence-corrected chi connectivity index (χ3v) is 3.91. The molecule has 0 atom stereocenters. The molecule has 0 saturated carbocycles. The number of hydrogen-bond acceptors (Lipinski definition) is 3. The SMILES string of the molecule is Cc1ccc(NC(=O)CC2CCNCC2)cc1N(C)C. The van der Waals surface area contributed by atoms with Gasteiger partial charge in [0.2, 0.25) is 5.91 Å². The zero-order valence-corrected chi connectivity index (χ0v) is 12.7. The average Bonchev–Trinajstić information content (AvgIpc) is 2.41. The zero-order chi connectivity index (χ0) is 14.5.